The summed E-state index contributed by atoms with van der Waals surface area (Å²) in [5.41, 5.74) is 0.225. The van der Waals surface area contributed by atoms with Crippen molar-refractivity contribution >= 4 is 16.1 Å². The van der Waals surface area contributed by atoms with E-state index in [1.165, 1.54) is 0 Å². The first-order valence-corrected chi connectivity index (χ1v) is 10.4. The lowest BCUT2D eigenvalue weighted by molar-refractivity contribution is 0.160. The van der Waals surface area contributed by atoms with E-state index < -0.39 is 21.7 Å². The van der Waals surface area contributed by atoms with Crippen molar-refractivity contribution in [1.82, 2.24) is 14.5 Å². The van der Waals surface area contributed by atoms with Gasteiger partial charge in [0, 0.05) is 32.2 Å². The zero-order chi connectivity index (χ0) is 18.7. The third kappa shape index (κ3) is 4.32. The van der Waals surface area contributed by atoms with Crippen LogP contribution in [0.2, 0.25) is 0 Å². The summed E-state index contributed by atoms with van der Waals surface area (Å²) in [4.78, 5) is 13.9. The molecule has 0 aromatic heterocycles. The zero-order valence-corrected chi connectivity index (χ0v) is 15.3. The van der Waals surface area contributed by atoms with E-state index in [2.05, 4.69) is 5.32 Å². The van der Waals surface area contributed by atoms with Crippen LogP contribution in [0.5, 0.6) is 0 Å². The van der Waals surface area contributed by atoms with Crippen molar-refractivity contribution in [3.63, 3.8) is 0 Å². The number of nitrogens with zero attached hydrogens (tertiary/aromatic N) is 2. The van der Waals surface area contributed by atoms with Crippen LogP contribution in [0.3, 0.4) is 0 Å². The molecule has 144 valence electrons. The van der Waals surface area contributed by atoms with Crippen molar-refractivity contribution in [3.8, 4) is 0 Å². The third-order valence-corrected chi connectivity index (χ3v) is 6.98. The maximum atomic E-state index is 13.6. The number of likely N-dealkylation sites (tertiary alicyclic amines) is 1. The number of urea groups is 1. The number of amides is 2. The highest BCUT2D eigenvalue weighted by Crippen LogP contribution is 2.24. The third-order valence-electron chi connectivity index (χ3n) is 4.98. The molecule has 1 aromatic rings. The number of nitrogens with one attached hydrogen (secondary N) is 1. The Balaban J connectivity index is 1.44. The molecule has 2 fully saturated rings. The van der Waals surface area contributed by atoms with E-state index in [4.69, 9.17) is 0 Å². The number of rotatable bonds is 4. The molecule has 6 nitrogen and oxygen atoms in total. The maximum absolute atomic E-state index is 13.6. The molecule has 0 bridgehead atoms. The van der Waals surface area contributed by atoms with Gasteiger partial charge in [-0.2, -0.15) is 4.31 Å². The van der Waals surface area contributed by atoms with Crippen molar-refractivity contribution in [3.05, 3.63) is 35.4 Å². The Bertz CT molecular complexity index is 765. The second-order valence-corrected chi connectivity index (χ2v) is 8.76. The first kappa shape index (κ1) is 19.0. The predicted octanol–water partition coefficient (Wildman–Crippen LogP) is 1.72. The van der Waals surface area contributed by atoms with Crippen molar-refractivity contribution in [2.45, 2.75) is 31.7 Å². The van der Waals surface area contributed by atoms with Crippen LogP contribution in [0, 0.1) is 11.6 Å². The summed E-state index contributed by atoms with van der Waals surface area (Å²) in [6, 6.07) is 2.97. The molecule has 2 aliphatic rings. The number of piperidine rings is 1. The molecule has 0 aliphatic carbocycles. The Morgan fingerprint density at radius 3 is 2.58 bits per heavy atom. The van der Waals surface area contributed by atoms with E-state index in [-0.39, 0.29) is 36.4 Å². The molecule has 2 heterocycles. The average Bonchev–Trinajstić information content (AvgIpc) is 2.97. The van der Waals surface area contributed by atoms with E-state index in [1.54, 1.807) is 9.21 Å². The quantitative estimate of drug-likeness (QED) is 0.855. The molecule has 0 radical (unpaired) electrons. The summed E-state index contributed by atoms with van der Waals surface area (Å²) in [6.45, 7) is 1.74. The second kappa shape index (κ2) is 7.87. The fourth-order valence-corrected chi connectivity index (χ4v) is 5.38. The van der Waals surface area contributed by atoms with Gasteiger partial charge in [0.15, 0.2) is 0 Å². The molecule has 2 aliphatic heterocycles. The Hall–Kier alpha value is -1.74. The van der Waals surface area contributed by atoms with E-state index in [0.29, 0.717) is 38.9 Å². The van der Waals surface area contributed by atoms with Gasteiger partial charge < -0.3 is 10.2 Å². The van der Waals surface area contributed by atoms with Crippen LogP contribution in [0.25, 0.3) is 0 Å². The van der Waals surface area contributed by atoms with Crippen LogP contribution in [-0.2, 0) is 16.4 Å². The van der Waals surface area contributed by atoms with E-state index in [9.17, 15) is 22.0 Å². The van der Waals surface area contributed by atoms with Gasteiger partial charge in [-0.25, -0.2) is 22.0 Å². The molecule has 2 amide bonds. The minimum Gasteiger partial charge on any atom is -0.338 e. The van der Waals surface area contributed by atoms with Crippen LogP contribution in [0.4, 0.5) is 13.6 Å². The molecule has 2 saturated heterocycles. The first-order valence-electron chi connectivity index (χ1n) is 8.83. The summed E-state index contributed by atoms with van der Waals surface area (Å²) in [6.07, 6.45) is 2.11. The van der Waals surface area contributed by atoms with Gasteiger partial charge in [-0.05, 0) is 49.4 Å². The molecular formula is C17H23F2N3O3S. The lowest BCUT2D eigenvalue weighted by Gasteiger charge is -2.35. The zero-order valence-electron chi connectivity index (χ0n) is 14.5. The second-order valence-electron chi connectivity index (χ2n) is 6.72. The molecule has 0 saturated carbocycles. The smallest absolute Gasteiger partial charge is 0.317 e. The molecule has 0 atom stereocenters. The van der Waals surface area contributed by atoms with Crippen LogP contribution in [-0.4, -0.2) is 61.6 Å². The number of halogens is 2. The largest absolute Gasteiger partial charge is 0.338 e. The van der Waals surface area contributed by atoms with Crippen molar-refractivity contribution in [1.29, 1.82) is 0 Å². The Kier molecular flexibility index (Phi) is 5.76. The number of carbonyl (C=O) groups is 1. The molecule has 26 heavy (non-hydrogen) atoms. The van der Waals surface area contributed by atoms with Gasteiger partial charge in [-0.3, -0.25) is 0 Å². The van der Waals surface area contributed by atoms with E-state index >= 15 is 0 Å². The Labute approximate surface area is 152 Å². The fraction of sp³-hybridized carbons (Fsp3) is 0.588. The summed E-state index contributed by atoms with van der Waals surface area (Å²) in [7, 11) is -3.13. The highest BCUT2D eigenvalue weighted by atomic mass is 32.2. The average molecular weight is 387 g/mol. The van der Waals surface area contributed by atoms with Gasteiger partial charge in [-0.15, -0.1) is 0 Å². The lowest BCUT2D eigenvalue weighted by Crippen LogP contribution is -2.50. The van der Waals surface area contributed by atoms with Gasteiger partial charge in [0.2, 0.25) is 10.0 Å². The van der Waals surface area contributed by atoms with E-state index in [0.717, 1.165) is 18.2 Å². The predicted molar refractivity (Wildman–Crippen MR) is 93.2 cm³/mol. The maximum Gasteiger partial charge on any atom is 0.317 e. The Morgan fingerprint density at radius 2 is 1.92 bits per heavy atom. The van der Waals surface area contributed by atoms with Crippen LogP contribution in [0.1, 0.15) is 24.8 Å². The van der Waals surface area contributed by atoms with Crippen molar-refractivity contribution in [2.24, 2.45) is 0 Å². The molecule has 9 heteroatoms. The van der Waals surface area contributed by atoms with Crippen LogP contribution in [0.15, 0.2) is 18.2 Å². The number of carbonyl (C=O) groups excluding carboxylic acids is 1. The monoisotopic (exact) mass is 387 g/mol. The highest BCUT2D eigenvalue weighted by Gasteiger charge is 2.36. The SMILES string of the molecule is O=C(NCCc1cc(F)ccc1F)N1CCC(N2CCCS2(=O)=O)CC1. The normalized spacial score (nSPS) is 21.1. The van der Waals surface area contributed by atoms with Crippen molar-refractivity contribution in [2.75, 3.05) is 31.9 Å². The standard InChI is InChI=1S/C17H23F2N3O3S/c18-14-2-3-16(19)13(12-14)4-7-20-17(23)21-9-5-15(6-10-21)22-8-1-11-26(22,24)25/h2-3,12,15H,1,4-11H2,(H,20,23). The summed E-state index contributed by atoms with van der Waals surface area (Å²) in [5.74, 6) is -0.787. The van der Waals surface area contributed by atoms with Gasteiger partial charge in [0.1, 0.15) is 11.6 Å². The molecule has 0 spiro atoms. The minimum absolute atomic E-state index is 0.0343. The highest BCUT2D eigenvalue weighted by molar-refractivity contribution is 7.89. The Morgan fingerprint density at radius 1 is 1.19 bits per heavy atom. The number of benzene rings is 1. The minimum atomic E-state index is -3.13. The first-order chi connectivity index (χ1) is 12.4. The number of sulfonamides is 1. The lowest BCUT2D eigenvalue weighted by atomic mass is 10.1. The fourth-order valence-electron chi connectivity index (χ4n) is 3.58. The van der Waals surface area contributed by atoms with Crippen molar-refractivity contribution < 1.29 is 22.0 Å². The van der Waals surface area contributed by atoms with Gasteiger partial charge >= 0.3 is 6.03 Å². The molecule has 1 aromatic carbocycles. The topological polar surface area (TPSA) is 69.7 Å². The summed E-state index contributed by atoms with van der Waals surface area (Å²) < 4.78 is 52.2. The molecule has 3 rings (SSSR count). The summed E-state index contributed by atoms with van der Waals surface area (Å²) in [5, 5.41) is 2.71. The van der Waals surface area contributed by atoms with Crippen LogP contribution < -0.4 is 5.32 Å². The number of hydrogen-bond donors (Lipinski definition) is 1. The van der Waals surface area contributed by atoms with Gasteiger partial charge in [0.05, 0.1) is 5.75 Å². The van der Waals surface area contributed by atoms with E-state index in [1.807, 2.05) is 0 Å². The summed E-state index contributed by atoms with van der Waals surface area (Å²) >= 11 is 0. The molecular weight excluding hydrogens is 364 g/mol. The number of hydrogen-bond acceptors (Lipinski definition) is 3. The molecule has 1 N–H and O–H groups in total. The molecule has 0 unspecified atom stereocenters. The van der Waals surface area contributed by atoms with Crippen LogP contribution >= 0.6 is 0 Å². The van der Waals surface area contributed by atoms with Gasteiger partial charge in [-0.1, -0.05) is 0 Å². The van der Waals surface area contributed by atoms with Gasteiger partial charge in [0.25, 0.3) is 0 Å².